The first-order valence-electron chi connectivity index (χ1n) is 7.38. The van der Waals surface area contributed by atoms with Gasteiger partial charge >= 0.3 is 0 Å². The van der Waals surface area contributed by atoms with Crippen LogP contribution in [0.3, 0.4) is 0 Å². The molecular formula is C17H27N. The van der Waals surface area contributed by atoms with Crippen molar-refractivity contribution in [3.8, 4) is 0 Å². The van der Waals surface area contributed by atoms with E-state index in [1.54, 1.807) is 0 Å². The summed E-state index contributed by atoms with van der Waals surface area (Å²) in [4.78, 5) is 0. The molecule has 1 aliphatic rings. The summed E-state index contributed by atoms with van der Waals surface area (Å²) in [6.45, 7) is 7.93. The van der Waals surface area contributed by atoms with E-state index in [9.17, 15) is 0 Å². The van der Waals surface area contributed by atoms with Crippen LogP contribution in [0, 0.1) is 0 Å². The van der Waals surface area contributed by atoms with Gasteiger partial charge in [-0.25, -0.2) is 0 Å². The molecule has 1 fully saturated rings. The second kappa shape index (κ2) is 5.88. The molecule has 0 bridgehead atoms. The third-order valence-electron chi connectivity index (χ3n) is 4.02. The van der Waals surface area contributed by atoms with Crippen molar-refractivity contribution in [2.45, 2.75) is 64.3 Å². The Morgan fingerprint density at radius 2 is 1.67 bits per heavy atom. The van der Waals surface area contributed by atoms with Gasteiger partial charge in [-0.05, 0) is 42.3 Å². The van der Waals surface area contributed by atoms with Crippen LogP contribution >= 0.6 is 0 Å². The van der Waals surface area contributed by atoms with Crippen molar-refractivity contribution < 1.29 is 0 Å². The van der Waals surface area contributed by atoms with Crippen molar-refractivity contribution in [2.75, 3.05) is 6.54 Å². The molecule has 1 N–H and O–H groups in total. The molecule has 0 radical (unpaired) electrons. The van der Waals surface area contributed by atoms with E-state index >= 15 is 0 Å². The van der Waals surface area contributed by atoms with E-state index in [1.165, 1.54) is 36.8 Å². The Morgan fingerprint density at radius 1 is 1.06 bits per heavy atom. The largest absolute Gasteiger partial charge is 0.314 e. The van der Waals surface area contributed by atoms with E-state index in [4.69, 9.17) is 0 Å². The molecule has 1 nitrogen and oxygen atoms in total. The molecule has 2 rings (SSSR count). The zero-order valence-electron chi connectivity index (χ0n) is 12.1. The number of nitrogens with one attached hydrogen (secondary N) is 1. The van der Waals surface area contributed by atoms with Crippen molar-refractivity contribution in [2.24, 2.45) is 0 Å². The third-order valence-corrected chi connectivity index (χ3v) is 4.02. The van der Waals surface area contributed by atoms with Gasteiger partial charge in [0, 0.05) is 6.04 Å². The third kappa shape index (κ3) is 3.84. The van der Waals surface area contributed by atoms with Gasteiger partial charge < -0.3 is 5.32 Å². The van der Waals surface area contributed by atoms with E-state index in [-0.39, 0.29) is 5.41 Å². The summed E-state index contributed by atoms with van der Waals surface area (Å²) in [6.07, 6.45) is 6.74. The molecule has 100 valence electrons. The van der Waals surface area contributed by atoms with Crippen molar-refractivity contribution in [3.05, 3.63) is 35.4 Å². The van der Waals surface area contributed by atoms with Gasteiger partial charge in [-0.3, -0.25) is 0 Å². The molecule has 0 saturated heterocycles. The van der Waals surface area contributed by atoms with Crippen LogP contribution in [-0.2, 0) is 11.8 Å². The van der Waals surface area contributed by atoms with Gasteiger partial charge in [0.1, 0.15) is 0 Å². The highest BCUT2D eigenvalue weighted by atomic mass is 14.9. The smallest absolute Gasteiger partial charge is 0.00671 e. The lowest BCUT2D eigenvalue weighted by atomic mass is 9.86. The van der Waals surface area contributed by atoms with Gasteiger partial charge in [0.15, 0.2) is 0 Å². The molecule has 0 unspecified atom stereocenters. The zero-order valence-corrected chi connectivity index (χ0v) is 12.1. The Balaban J connectivity index is 1.79. The summed E-state index contributed by atoms with van der Waals surface area (Å²) in [7, 11) is 0. The van der Waals surface area contributed by atoms with E-state index < -0.39 is 0 Å². The molecule has 18 heavy (non-hydrogen) atoms. The van der Waals surface area contributed by atoms with Crippen LogP contribution in [0.15, 0.2) is 24.3 Å². The summed E-state index contributed by atoms with van der Waals surface area (Å²) in [5.41, 5.74) is 3.14. The average molecular weight is 245 g/mol. The quantitative estimate of drug-likeness (QED) is 0.843. The van der Waals surface area contributed by atoms with E-state index in [2.05, 4.69) is 50.4 Å². The lowest BCUT2D eigenvalue weighted by molar-refractivity contribution is 0.527. The van der Waals surface area contributed by atoms with Crippen LogP contribution in [0.1, 0.15) is 57.6 Å². The lowest BCUT2D eigenvalue weighted by Crippen LogP contribution is -2.27. The molecule has 1 saturated carbocycles. The van der Waals surface area contributed by atoms with Crippen LogP contribution in [0.25, 0.3) is 0 Å². The number of benzene rings is 1. The highest BCUT2D eigenvalue weighted by Gasteiger charge is 2.14. The Bertz CT molecular complexity index is 352. The predicted octanol–water partition coefficient (Wildman–Crippen LogP) is 4.06. The minimum absolute atomic E-state index is 0.265. The molecule has 0 amide bonds. The van der Waals surface area contributed by atoms with Crippen LogP contribution in [0.4, 0.5) is 0 Å². The number of rotatable bonds is 4. The van der Waals surface area contributed by atoms with Gasteiger partial charge in [0.05, 0.1) is 0 Å². The summed E-state index contributed by atoms with van der Waals surface area (Å²) >= 11 is 0. The minimum atomic E-state index is 0.265. The molecule has 0 spiro atoms. The minimum Gasteiger partial charge on any atom is -0.314 e. The Morgan fingerprint density at radius 3 is 2.22 bits per heavy atom. The van der Waals surface area contributed by atoms with E-state index in [1.807, 2.05) is 0 Å². The fourth-order valence-electron chi connectivity index (χ4n) is 2.72. The van der Waals surface area contributed by atoms with Crippen molar-refractivity contribution >= 4 is 0 Å². The monoisotopic (exact) mass is 245 g/mol. The summed E-state index contributed by atoms with van der Waals surface area (Å²) < 4.78 is 0. The fraction of sp³-hybridized carbons (Fsp3) is 0.647. The maximum atomic E-state index is 3.67. The fourth-order valence-corrected chi connectivity index (χ4v) is 2.72. The zero-order chi connectivity index (χ0) is 13.0. The van der Waals surface area contributed by atoms with Crippen molar-refractivity contribution in [1.29, 1.82) is 0 Å². The first kappa shape index (κ1) is 13.6. The molecule has 1 aromatic carbocycles. The first-order chi connectivity index (χ1) is 8.55. The SMILES string of the molecule is CC(C)(C)c1ccc(CCNC2CCCC2)cc1. The molecule has 0 atom stereocenters. The van der Waals surface area contributed by atoms with Crippen molar-refractivity contribution in [3.63, 3.8) is 0 Å². The highest BCUT2D eigenvalue weighted by Crippen LogP contribution is 2.22. The predicted molar refractivity (Wildman–Crippen MR) is 79.1 cm³/mol. The van der Waals surface area contributed by atoms with Gasteiger partial charge in [0.2, 0.25) is 0 Å². The molecular weight excluding hydrogens is 218 g/mol. The first-order valence-corrected chi connectivity index (χ1v) is 7.38. The number of hydrogen-bond donors (Lipinski definition) is 1. The van der Waals surface area contributed by atoms with Gasteiger partial charge in [-0.1, -0.05) is 57.9 Å². The standard InChI is InChI=1S/C17H27N/c1-17(2,3)15-10-8-14(9-11-15)12-13-18-16-6-4-5-7-16/h8-11,16,18H,4-7,12-13H2,1-3H3. The van der Waals surface area contributed by atoms with E-state index in [0.29, 0.717) is 0 Å². The maximum Gasteiger partial charge on any atom is 0.00671 e. The second-order valence-corrected chi connectivity index (χ2v) is 6.63. The van der Waals surface area contributed by atoms with Gasteiger partial charge in [-0.15, -0.1) is 0 Å². The normalized spacial score (nSPS) is 17.3. The topological polar surface area (TPSA) is 12.0 Å². The Hall–Kier alpha value is -0.820. The second-order valence-electron chi connectivity index (χ2n) is 6.63. The van der Waals surface area contributed by atoms with Crippen LogP contribution in [0.5, 0.6) is 0 Å². The summed E-state index contributed by atoms with van der Waals surface area (Å²) in [5, 5.41) is 3.67. The average Bonchev–Trinajstić information content (AvgIpc) is 2.82. The summed E-state index contributed by atoms with van der Waals surface area (Å²) in [6, 6.07) is 9.93. The molecule has 1 aliphatic carbocycles. The summed E-state index contributed by atoms with van der Waals surface area (Å²) in [5.74, 6) is 0. The Kier molecular flexibility index (Phi) is 4.45. The Labute approximate surface area is 112 Å². The molecule has 0 aromatic heterocycles. The highest BCUT2D eigenvalue weighted by molar-refractivity contribution is 5.27. The molecule has 0 aliphatic heterocycles. The van der Waals surface area contributed by atoms with Gasteiger partial charge in [0.25, 0.3) is 0 Å². The van der Waals surface area contributed by atoms with Crippen LogP contribution < -0.4 is 5.32 Å². The van der Waals surface area contributed by atoms with Crippen LogP contribution in [0.2, 0.25) is 0 Å². The molecule has 0 heterocycles. The number of hydrogen-bond acceptors (Lipinski definition) is 1. The lowest BCUT2D eigenvalue weighted by Gasteiger charge is -2.19. The van der Waals surface area contributed by atoms with E-state index in [0.717, 1.165) is 19.0 Å². The van der Waals surface area contributed by atoms with Crippen molar-refractivity contribution in [1.82, 2.24) is 5.32 Å². The van der Waals surface area contributed by atoms with Gasteiger partial charge in [-0.2, -0.15) is 0 Å². The van der Waals surface area contributed by atoms with Crippen LogP contribution in [-0.4, -0.2) is 12.6 Å². The molecule has 1 heteroatoms. The maximum absolute atomic E-state index is 3.67. The molecule has 1 aromatic rings.